The number of carbonyl (C=O) groups excluding carboxylic acids is 1. The maximum Gasteiger partial charge on any atom is 0.267 e. The second-order valence-corrected chi connectivity index (χ2v) is 8.69. The third-order valence-electron chi connectivity index (χ3n) is 3.17. The van der Waals surface area contributed by atoms with Crippen molar-refractivity contribution in [3.8, 4) is 11.5 Å². The minimum Gasteiger partial charge on any atom is -0.454 e. The molecule has 0 radical (unpaired) electrons. The molecular weight excluding hydrogens is 422 g/mol. The highest BCUT2D eigenvalue weighted by Crippen LogP contribution is 2.34. The number of ether oxygens (including phenoxy) is 1. The summed E-state index contributed by atoms with van der Waals surface area (Å²) in [6.07, 6.45) is 2.02. The fourth-order valence-corrected chi connectivity index (χ4v) is 3.09. The second kappa shape index (κ2) is 7.59. The number of amides is 1. The molecule has 0 unspecified atom stereocenters. The second-order valence-electron chi connectivity index (χ2n) is 6.13. The van der Waals surface area contributed by atoms with E-state index in [1.807, 2.05) is 0 Å². The van der Waals surface area contributed by atoms with Crippen molar-refractivity contribution in [2.75, 3.05) is 6.26 Å². The summed E-state index contributed by atoms with van der Waals surface area (Å²) in [6.45, 7) is 3.02. The lowest BCUT2D eigenvalue weighted by molar-refractivity contribution is 0.0739. The van der Waals surface area contributed by atoms with Gasteiger partial charge in [0.2, 0.25) is 10.0 Å². The van der Waals surface area contributed by atoms with Gasteiger partial charge in [-0.05, 0) is 19.9 Å². The van der Waals surface area contributed by atoms with E-state index in [-0.39, 0.29) is 27.2 Å². The van der Waals surface area contributed by atoms with Crippen molar-refractivity contribution in [2.45, 2.75) is 19.4 Å². The number of carbonyl (C=O) groups is 1. The first-order valence-corrected chi connectivity index (χ1v) is 10.00. The molecule has 0 spiro atoms. The van der Waals surface area contributed by atoms with Gasteiger partial charge in [0.1, 0.15) is 22.9 Å². The monoisotopic (exact) mass is 436 g/mol. The molecule has 11 heteroatoms. The molecule has 0 atom stereocenters. The Bertz CT molecular complexity index is 1010. The Kier molecular flexibility index (Phi) is 6.00. The van der Waals surface area contributed by atoms with Crippen LogP contribution in [0, 0.1) is 5.82 Å². The molecule has 2 rings (SSSR count). The van der Waals surface area contributed by atoms with Crippen molar-refractivity contribution < 1.29 is 27.4 Å². The summed E-state index contributed by atoms with van der Waals surface area (Å²) >= 11 is 12.1. The Morgan fingerprint density at radius 1 is 1.26 bits per heavy atom. The topological polar surface area (TPSA) is 106 Å². The number of hydrogen-bond acceptors (Lipinski definition) is 6. The van der Waals surface area contributed by atoms with E-state index in [9.17, 15) is 22.7 Å². The predicted molar refractivity (Wildman–Crippen MR) is 98.3 cm³/mol. The number of aromatic nitrogens is 1. The normalized spacial score (nSPS) is 12.0. The molecule has 7 nitrogen and oxygen atoms in total. The molecule has 0 saturated carbocycles. The van der Waals surface area contributed by atoms with E-state index in [1.165, 1.54) is 26.1 Å². The van der Waals surface area contributed by atoms with E-state index in [1.54, 1.807) is 4.72 Å². The van der Waals surface area contributed by atoms with Crippen LogP contribution in [0.3, 0.4) is 0 Å². The van der Waals surface area contributed by atoms with Gasteiger partial charge in [-0.3, -0.25) is 9.78 Å². The highest BCUT2D eigenvalue weighted by Gasteiger charge is 2.23. The summed E-state index contributed by atoms with van der Waals surface area (Å²) < 4.78 is 43.5. The fraction of sp³-hybridized carbons (Fsp3) is 0.250. The summed E-state index contributed by atoms with van der Waals surface area (Å²) in [7, 11) is -3.86. The number of benzene rings is 1. The predicted octanol–water partition coefficient (Wildman–Crippen LogP) is 3.24. The maximum absolute atomic E-state index is 14.2. The number of sulfonamides is 1. The van der Waals surface area contributed by atoms with E-state index >= 15 is 0 Å². The Hall–Kier alpha value is -1.94. The minimum absolute atomic E-state index is 0.114. The van der Waals surface area contributed by atoms with E-state index in [4.69, 9.17) is 27.9 Å². The Morgan fingerprint density at radius 3 is 2.41 bits per heavy atom. The van der Waals surface area contributed by atoms with Crippen LogP contribution in [0.25, 0.3) is 0 Å². The number of aliphatic hydroxyl groups is 1. The molecule has 1 heterocycles. The molecule has 0 fully saturated rings. The minimum atomic E-state index is -3.86. The average Bonchev–Trinajstić information content (AvgIpc) is 2.47. The van der Waals surface area contributed by atoms with Crippen LogP contribution in [0.15, 0.2) is 24.4 Å². The standard InChI is InChI=1S/C16H15Cl2FN2O5S/c1-16(2,23)14-11(18)4-8(7-20-14)26-13-6-12(19)9(5-10(13)17)15(22)21-27(3,24)25/h4-7,23H,1-3H3,(H,21,22). The lowest BCUT2D eigenvalue weighted by Crippen LogP contribution is -2.30. The van der Waals surface area contributed by atoms with Crippen molar-refractivity contribution in [1.29, 1.82) is 0 Å². The quantitative estimate of drug-likeness (QED) is 0.744. The molecule has 1 aromatic heterocycles. The zero-order chi connectivity index (χ0) is 20.6. The molecule has 146 valence electrons. The largest absolute Gasteiger partial charge is 0.454 e. The van der Waals surface area contributed by atoms with Crippen LogP contribution in [0.1, 0.15) is 29.9 Å². The smallest absolute Gasteiger partial charge is 0.267 e. The van der Waals surface area contributed by atoms with Crippen molar-refractivity contribution >= 4 is 39.1 Å². The molecule has 0 aliphatic heterocycles. The highest BCUT2D eigenvalue weighted by atomic mass is 35.5. The van der Waals surface area contributed by atoms with Crippen LogP contribution in [0.5, 0.6) is 11.5 Å². The fourth-order valence-electron chi connectivity index (χ4n) is 2.06. The number of nitrogens with one attached hydrogen (secondary N) is 1. The van der Waals surface area contributed by atoms with Crippen molar-refractivity contribution in [1.82, 2.24) is 9.71 Å². The number of nitrogens with zero attached hydrogens (tertiary/aromatic N) is 1. The number of halogens is 3. The van der Waals surface area contributed by atoms with Gasteiger partial charge < -0.3 is 9.84 Å². The Balaban J connectivity index is 2.32. The van der Waals surface area contributed by atoms with Crippen molar-refractivity contribution in [2.24, 2.45) is 0 Å². The molecule has 0 bridgehead atoms. The number of rotatable bonds is 5. The van der Waals surface area contributed by atoms with Crippen LogP contribution < -0.4 is 9.46 Å². The van der Waals surface area contributed by atoms with E-state index in [0.717, 1.165) is 18.4 Å². The molecule has 27 heavy (non-hydrogen) atoms. The zero-order valence-corrected chi connectivity index (χ0v) is 16.7. The summed E-state index contributed by atoms with van der Waals surface area (Å²) in [5, 5.41) is 9.94. The summed E-state index contributed by atoms with van der Waals surface area (Å²) in [6, 6.07) is 3.13. The molecule has 2 N–H and O–H groups in total. The molecule has 2 aromatic rings. The summed E-state index contributed by atoms with van der Waals surface area (Å²) in [4.78, 5) is 15.8. The summed E-state index contributed by atoms with van der Waals surface area (Å²) in [5.41, 5.74) is -1.61. The van der Waals surface area contributed by atoms with Gasteiger partial charge in [-0.15, -0.1) is 0 Å². The lowest BCUT2D eigenvalue weighted by atomic mass is 10.1. The number of pyridine rings is 1. The molecule has 0 aliphatic carbocycles. The van der Waals surface area contributed by atoms with Gasteiger partial charge in [0.25, 0.3) is 5.91 Å². The van der Waals surface area contributed by atoms with Gasteiger partial charge in [-0.25, -0.2) is 17.5 Å². The Labute approximate surface area is 165 Å². The van der Waals surface area contributed by atoms with Crippen LogP contribution in [-0.4, -0.2) is 30.7 Å². The molecule has 0 saturated heterocycles. The van der Waals surface area contributed by atoms with Crippen molar-refractivity contribution in [3.05, 3.63) is 51.5 Å². The Morgan fingerprint density at radius 2 is 1.89 bits per heavy atom. The van der Waals surface area contributed by atoms with Crippen LogP contribution >= 0.6 is 23.2 Å². The average molecular weight is 437 g/mol. The maximum atomic E-state index is 14.2. The van der Waals surface area contributed by atoms with Gasteiger partial charge in [-0.1, -0.05) is 23.2 Å². The molecular formula is C16H15Cl2FN2O5S. The SMILES string of the molecule is CC(C)(O)c1ncc(Oc2cc(F)c(C(=O)NS(C)(=O)=O)cc2Cl)cc1Cl. The van der Waals surface area contributed by atoms with Crippen LogP contribution in [0.2, 0.25) is 10.0 Å². The van der Waals surface area contributed by atoms with Gasteiger partial charge in [-0.2, -0.15) is 0 Å². The van der Waals surface area contributed by atoms with E-state index < -0.39 is 32.9 Å². The third kappa shape index (κ3) is 5.52. The molecule has 0 aliphatic rings. The number of hydrogen-bond donors (Lipinski definition) is 2. The highest BCUT2D eigenvalue weighted by molar-refractivity contribution is 7.89. The zero-order valence-electron chi connectivity index (χ0n) is 14.4. The van der Waals surface area contributed by atoms with Crippen molar-refractivity contribution in [3.63, 3.8) is 0 Å². The third-order valence-corrected chi connectivity index (χ3v) is 4.31. The van der Waals surface area contributed by atoms with Crippen LogP contribution in [-0.2, 0) is 15.6 Å². The first-order chi connectivity index (χ1) is 12.3. The van der Waals surface area contributed by atoms with E-state index in [0.29, 0.717) is 0 Å². The molecule has 1 amide bonds. The first-order valence-electron chi connectivity index (χ1n) is 7.35. The van der Waals surface area contributed by atoms with E-state index in [2.05, 4.69) is 4.98 Å². The van der Waals surface area contributed by atoms with Gasteiger partial charge in [0.05, 0.1) is 33.8 Å². The first kappa shape index (κ1) is 21.4. The molecule has 1 aromatic carbocycles. The lowest BCUT2D eigenvalue weighted by Gasteiger charge is -2.18. The summed E-state index contributed by atoms with van der Waals surface area (Å²) in [5.74, 6) is -2.23. The van der Waals surface area contributed by atoms with Gasteiger partial charge in [0.15, 0.2) is 0 Å². The van der Waals surface area contributed by atoms with Crippen LogP contribution in [0.4, 0.5) is 4.39 Å². The van der Waals surface area contributed by atoms with Gasteiger partial charge >= 0.3 is 0 Å². The van der Waals surface area contributed by atoms with Gasteiger partial charge in [0, 0.05) is 12.1 Å².